The van der Waals surface area contributed by atoms with Crippen molar-refractivity contribution in [3.05, 3.63) is 53.6 Å². The second kappa shape index (κ2) is 9.42. The molecule has 5 rings (SSSR count). The lowest BCUT2D eigenvalue weighted by Gasteiger charge is -2.45. The summed E-state index contributed by atoms with van der Waals surface area (Å²) in [6.07, 6.45) is 0.738. The van der Waals surface area contributed by atoms with Gasteiger partial charge in [-0.3, -0.25) is 4.79 Å². The summed E-state index contributed by atoms with van der Waals surface area (Å²) in [5.74, 6) is -1.72. The number of fused-ring (bicyclic) bond motifs is 1. The van der Waals surface area contributed by atoms with Gasteiger partial charge in [0.2, 0.25) is 11.9 Å². The third-order valence-electron chi connectivity index (χ3n) is 6.89. The Morgan fingerprint density at radius 3 is 2.38 bits per heavy atom. The highest BCUT2D eigenvalue weighted by Gasteiger charge is 2.35. The summed E-state index contributed by atoms with van der Waals surface area (Å²) < 4.78 is 30.8. The number of nitrogens with zero attached hydrogens (tertiary/aromatic N) is 5. The molecule has 0 bridgehead atoms. The highest BCUT2D eigenvalue weighted by molar-refractivity contribution is 6.34. The van der Waals surface area contributed by atoms with E-state index >= 15 is 4.39 Å². The quantitative estimate of drug-likeness (QED) is 0.497. The molecule has 2 aliphatic rings. The van der Waals surface area contributed by atoms with Gasteiger partial charge in [-0.25, -0.2) is 13.8 Å². The van der Waals surface area contributed by atoms with Gasteiger partial charge in [0.1, 0.15) is 22.9 Å². The maximum Gasteiger partial charge on any atom is 0.246 e. The number of amides is 1. The van der Waals surface area contributed by atoms with E-state index < -0.39 is 23.5 Å². The third kappa shape index (κ3) is 4.23. The summed E-state index contributed by atoms with van der Waals surface area (Å²) in [4.78, 5) is 26.9. The Hall–Kier alpha value is -3.50. The molecule has 11 heteroatoms. The first-order valence-corrected chi connectivity index (χ1v) is 12.3. The number of piperazine rings is 1. The minimum absolute atomic E-state index is 0.0895. The van der Waals surface area contributed by atoms with E-state index in [1.807, 2.05) is 18.7 Å². The van der Waals surface area contributed by atoms with E-state index in [4.69, 9.17) is 16.6 Å². The largest absolute Gasteiger partial charge is 0.507 e. The molecule has 2 N–H and O–H groups in total. The van der Waals surface area contributed by atoms with Gasteiger partial charge < -0.3 is 24.9 Å². The number of benzene rings is 2. The van der Waals surface area contributed by atoms with Crippen LogP contribution in [0.1, 0.15) is 13.8 Å². The summed E-state index contributed by atoms with van der Waals surface area (Å²) in [6, 6.07) is 4.77. The van der Waals surface area contributed by atoms with Crippen LogP contribution in [0, 0.1) is 11.6 Å². The molecule has 2 aliphatic heterocycles. The van der Waals surface area contributed by atoms with Crippen LogP contribution in [0.3, 0.4) is 0 Å². The molecule has 194 valence electrons. The van der Waals surface area contributed by atoms with Gasteiger partial charge in [-0.05, 0) is 38.1 Å². The van der Waals surface area contributed by atoms with Crippen molar-refractivity contribution in [3.63, 3.8) is 0 Å². The average Bonchev–Trinajstić information content (AvgIpc) is 2.82. The van der Waals surface area contributed by atoms with Crippen LogP contribution in [0.5, 0.6) is 5.75 Å². The van der Waals surface area contributed by atoms with Crippen molar-refractivity contribution in [2.45, 2.75) is 32.0 Å². The molecule has 2 fully saturated rings. The lowest BCUT2D eigenvalue weighted by Crippen LogP contribution is -2.58. The number of carbonyl (C=O) groups is 1. The molecule has 2 aromatic carbocycles. The van der Waals surface area contributed by atoms with Crippen molar-refractivity contribution in [2.75, 3.05) is 36.0 Å². The zero-order chi connectivity index (χ0) is 26.6. The van der Waals surface area contributed by atoms with Crippen LogP contribution in [0.2, 0.25) is 5.02 Å². The molecule has 3 aromatic rings. The maximum absolute atomic E-state index is 16.1. The molecule has 2 saturated heterocycles. The zero-order valence-corrected chi connectivity index (χ0v) is 21.1. The van der Waals surface area contributed by atoms with Gasteiger partial charge in [-0.1, -0.05) is 24.2 Å². The minimum atomic E-state index is -0.893. The van der Waals surface area contributed by atoms with Gasteiger partial charge in [-0.15, -0.1) is 0 Å². The fourth-order valence-electron chi connectivity index (χ4n) is 5.19. The molecule has 2 atom stereocenters. The molecular formula is C26H26ClF2N5O3. The van der Waals surface area contributed by atoms with Gasteiger partial charge in [0.15, 0.2) is 5.82 Å². The Labute approximate surface area is 217 Å². The lowest BCUT2D eigenvalue weighted by atomic mass is 10.0. The van der Waals surface area contributed by atoms with Crippen molar-refractivity contribution in [2.24, 2.45) is 0 Å². The fourth-order valence-corrected chi connectivity index (χ4v) is 5.48. The SMILES string of the molecule is C=CC(=O)N1[C@H](C)CN(c2nc(N3CC(O)C3)nc3c(F)c(-c4c(O)cccc4F)c(Cl)cc23)C[C@@H]1C. The number of halogens is 3. The number of anilines is 2. The van der Waals surface area contributed by atoms with Crippen molar-refractivity contribution >= 4 is 40.2 Å². The second-order valence-corrected chi connectivity index (χ2v) is 9.94. The molecule has 0 aliphatic carbocycles. The molecule has 0 saturated carbocycles. The number of aliphatic hydroxyl groups excluding tert-OH is 1. The van der Waals surface area contributed by atoms with Gasteiger partial charge in [-0.2, -0.15) is 4.98 Å². The van der Waals surface area contributed by atoms with Crippen LogP contribution in [0.25, 0.3) is 22.0 Å². The summed E-state index contributed by atoms with van der Waals surface area (Å²) in [5.41, 5.74) is -0.743. The maximum atomic E-state index is 16.1. The van der Waals surface area contributed by atoms with E-state index in [1.54, 1.807) is 9.80 Å². The summed E-state index contributed by atoms with van der Waals surface area (Å²) in [6.45, 7) is 8.80. The Balaban J connectivity index is 1.69. The number of hydrogen-bond acceptors (Lipinski definition) is 7. The number of phenolic OH excluding ortho intramolecular Hbond substituents is 1. The number of phenols is 1. The minimum Gasteiger partial charge on any atom is -0.507 e. The first-order chi connectivity index (χ1) is 17.6. The third-order valence-corrected chi connectivity index (χ3v) is 7.18. The summed E-state index contributed by atoms with van der Waals surface area (Å²) >= 11 is 6.50. The van der Waals surface area contributed by atoms with Crippen LogP contribution in [0.15, 0.2) is 36.9 Å². The molecule has 0 spiro atoms. The van der Waals surface area contributed by atoms with Gasteiger partial charge >= 0.3 is 0 Å². The molecule has 0 radical (unpaired) electrons. The van der Waals surface area contributed by atoms with E-state index in [0.717, 1.165) is 6.07 Å². The Morgan fingerprint density at radius 1 is 1.11 bits per heavy atom. The van der Waals surface area contributed by atoms with E-state index in [9.17, 15) is 19.4 Å². The number of aromatic nitrogens is 2. The first-order valence-electron chi connectivity index (χ1n) is 11.9. The van der Waals surface area contributed by atoms with Gasteiger partial charge in [0.25, 0.3) is 0 Å². The summed E-state index contributed by atoms with van der Waals surface area (Å²) in [5, 5.41) is 20.3. The van der Waals surface area contributed by atoms with Gasteiger partial charge in [0.05, 0.1) is 16.7 Å². The monoisotopic (exact) mass is 529 g/mol. The first kappa shape index (κ1) is 25.2. The average molecular weight is 530 g/mol. The second-order valence-electron chi connectivity index (χ2n) is 9.54. The van der Waals surface area contributed by atoms with E-state index in [1.165, 1.54) is 24.3 Å². The number of hydrogen-bond donors (Lipinski definition) is 2. The van der Waals surface area contributed by atoms with Crippen molar-refractivity contribution in [1.29, 1.82) is 0 Å². The van der Waals surface area contributed by atoms with Crippen LogP contribution in [0.4, 0.5) is 20.5 Å². The molecular weight excluding hydrogens is 504 g/mol. The molecule has 1 aromatic heterocycles. The number of aliphatic hydroxyl groups is 1. The Morgan fingerprint density at radius 2 is 1.78 bits per heavy atom. The highest BCUT2D eigenvalue weighted by Crippen LogP contribution is 2.43. The number of carbonyl (C=O) groups excluding carboxylic acids is 1. The van der Waals surface area contributed by atoms with Gasteiger partial charge in [0, 0.05) is 49.2 Å². The predicted octanol–water partition coefficient (Wildman–Crippen LogP) is 3.73. The number of aromatic hydroxyl groups is 1. The van der Waals surface area contributed by atoms with Crippen molar-refractivity contribution in [1.82, 2.24) is 14.9 Å². The van der Waals surface area contributed by atoms with Crippen molar-refractivity contribution < 1.29 is 23.8 Å². The van der Waals surface area contributed by atoms with E-state index in [-0.39, 0.29) is 58.7 Å². The Bertz CT molecular complexity index is 1380. The summed E-state index contributed by atoms with van der Waals surface area (Å²) in [7, 11) is 0. The van der Waals surface area contributed by atoms with Crippen LogP contribution in [-0.4, -0.2) is 75.4 Å². The highest BCUT2D eigenvalue weighted by atomic mass is 35.5. The zero-order valence-electron chi connectivity index (χ0n) is 20.3. The number of rotatable bonds is 4. The van der Waals surface area contributed by atoms with Crippen LogP contribution in [-0.2, 0) is 4.79 Å². The molecule has 0 unspecified atom stereocenters. The van der Waals surface area contributed by atoms with E-state index in [0.29, 0.717) is 24.3 Å². The molecule has 3 heterocycles. The standard InChI is InChI=1S/C26H26ClF2N5O3/c1-4-20(37)34-13(2)9-32(10-14(34)3)25-16-8-17(27)21(22-18(28)6-5-7-19(22)36)23(29)24(16)30-26(31-25)33-11-15(35)12-33/h4-8,13-15,35-36H,1,9-12H2,2-3H3/t13-,14+. The lowest BCUT2D eigenvalue weighted by molar-refractivity contribution is -0.130. The smallest absolute Gasteiger partial charge is 0.246 e. The normalized spacial score (nSPS) is 20.3. The van der Waals surface area contributed by atoms with Crippen LogP contribution >= 0.6 is 11.6 Å². The number of β-amino-alcohol motifs (C(OH)–C–C–N with tert-alkyl or cyclic N) is 1. The Kier molecular flexibility index (Phi) is 6.41. The fraction of sp³-hybridized carbons (Fsp3) is 0.346. The van der Waals surface area contributed by atoms with E-state index in [2.05, 4.69) is 11.6 Å². The molecule has 37 heavy (non-hydrogen) atoms. The molecule has 1 amide bonds. The predicted molar refractivity (Wildman–Crippen MR) is 138 cm³/mol. The topological polar surface area (TPSA) is 93.0 Å². The van der Waals surface area contributed by atoms with Crippen molar-refractivity contribution in [3.8, 4) is 16.9 Å². The van der Waals surface area contributed by atoms with Crippen LogP contribution < -0.4 is 9.80 Å². The molecule has 8 nitrogen and oxygen atoms in total.